The zero-order chi connectivity index (χ0) is 13.5. The fourth-order valence-electron chi connectivity index (χ4n) is 2.73. The van der Waals surface area contributed by atoms with E-state index in [0.29, 0.717) is 12.0 Å². The highest BCUT2D eigenvalue weighted by Gasteiger charge is 2.20. The van der Waals surface area contributed by atoms with Gasteiger partial charge in [0, 0.05) is 6.04 Å². The summed E-state index contributed by atoms with van der Waals surface area (Å²) in [6.07, 6.45) is 3.45. The van der Waals surface area contributed by atoms with Crippen molar-refractivity contribution in [3.63, 3.8) is 0 Å². The molecule has 0 radical (unpaired) electrons. The van der Waals surface area contributed by atoms with Crippen LogP contribution in [0.1, 0.15) is 43.9 Å². The van der Waals surface area contributed by atoms with E-state index in [4.69, 9.17) is 5.73 Å². The second kappa shape index (κ2) is 7.55. The van der Waals surface area contributed by atoms with Crippen molar-refractivity contribution >= 4 is 0 Å². The van der Waals surface area contributed by atoms with Crippen LogP contribution in [-0.4, -0.2) is 25.5 Å². The molecule has 1 rings (SSSR count). The van der Waals surface area contributed by atoms with Gasteiger partial charge < -0.3 is 10.6 Å². The second-order valence-corrected chi connectivity index (χ2v) is 5.45. The first-order valence-corrected chi connectivity index (χ1v) is 7.05. The number of nitrogens with zero attached hydrogens (tertiary/aromatic N) is 1. The molecule has 0 heterocycles. The second-order valence-electron chi connectivity index (χ2n) is 5.45. The molecule has 0 saturated heterocycles. The lowest BCUT2D eigenvalue weighted by atomic mass is 9.90. The maximum absolute atomic E-state index is 5.69. The highest BCUT2D eigenvalue weighted by Crippen LogP contribution is 2.28. The number of nitrogens with two attached hydrogens (primary N) is 1. The summed E-state index contributed by atoms with van der Waals surface area (Å²) in [5.74, 6) is 0.585. The Balaban J connectivity index is 2.85. The number of rotatable bonds is 7. The first-order valence-electron chi connectivity index (χ1n) is 7.05. The molecule has 0 spiro atoms. The van der Waals surface area contributed by atoms with E-state index >= 15 is 0 Å². The Morgan fingerprint density at radius 1 is 1.17 bits per heavy atom. The van der Waals surface area contributed by atoms with E-state index in [1.807, 2.05) is 0 Å². The molecule has 0 aliphatic heterocycles. The van der Waals surface area contributed by atoms with Crippen LogP contribution in [-0.2, 0) is 6.42 Å². The monoisotopic (exact) mass is 248 g/mol. The fourth-order valence-corrected chi connectivity index (χ4v) is 2.73. The molecule has 18 heavy (non-hydrogen) atoms. The molecule has 0 aliphatic carbocycles. The van der Waals surface area contributed by atoms with Gasteiger partial charge in [0.1, 0.15) is 0 Å². The van der Waals surface area contributed by atoms with Crippen molar-refractivity contribution in [1.82, 2.24) is 4.90 Å². The summed E-state index contributed by atoms with van der Waals surface area (Å²) in [7, 11) is 4.30. The van der Waals surface area contributed by atoms with Crippen LogP contribution in [0, 0.1) is 5.92 Å². The third-order valence-electron chi connectivity index (χ3n) is 3.58. The number of hydrogen-bond acceptors (Lipinski definition) is 2. The Bertz CT molecular complexity index is 329. The quantitative estimate of drug-likeness (QED) is 0.802. The fraction of sp³-hybridized carbons (Fsp3) is 0.625. The maximum atomic E-state index is 5.69. The first-order chi connectivity index (χ1) is 8.60. The molecule has 0 aromatic heterocycles. The van der Waals surface area contributed by atoms with Gasteiger partial charge in [-0.05, 0) is 50.5 Å². The van der Waals surface area contributed by atoms with Crippen molar-refractivity contribution in [3.8, 4) is 0 Å². The first kappa shape index (κ1) is 15.2. The predicted octanol–water partition coefficient (Wildman–Crippen LogP) is 3.23. The van der Waals surface area contributed by atoms with Crippen molar-refractivity contribution in [1.29, 1.82) is 0 Å². The average molecular weight is 248 g/mol. The van der Waals surface area contributed by atoms with Crippen molar-refractivity contribution in [3.05, 3.63) is 35.4 Å². The minimum Gasteiger partial charge on any atom is -0.330 e. The molecule has 0 saturated carbocycles. The predicted molar refractivity (Wildman–Crippen MR) is 79.7 cm³/mol. The topological polar surface area (TPSA) is 29.3 Å². The van der Waals surface area contributed by atoms with Gasteiger partial charge in [0.25, 0.3) is 0 Å². The van der Waals surface area contributed by atoms with Crippen LogP contribution >= 0.6 is 0 Å². The smallest absolute Gasteiger partial charge is 0.0368 e. The van der Waals surface area contributed by atoms with Crippen molar-refractivity contribution in [2.75, 3.05) is 20.6 Å². The minimum atomic E-state index is 0.462. The van der Waals surface area contributed by atoms with Crippen LogP contribution in [0.3, 0.4) is 0 Å². The SMILES string of the molecule is CCCc1ccc(C(C(C)CCN)N(C)C)cc1. The Morgan fingerprint density at radius 3 is 2.22 bits per heavy atom. The molecule has 0 amide bonds. The molecule has 2 N–H and O–H groups in total. The van der Waals surface area contributed by atoms with E-state index in [9.17, 15) is 0 Å². The molecule has 0 aliphatic rings. The largest absolute Gasteiger partial charge is 0.330 e. The van der Waals surface area contributed by atoms with E-state index in [1.54, 1.807) is 0 Å². The van der Waals surface area contributed by atoms with Crippen LogP contribution in [0.15, 0.2) is 24.3 Å². The lowest BCUT2D eigenvalue weighted by molar-refractivity contribution is 0.217. The summed E-state index contributed by atoms with van der Waals surface area (Å²) < 4.78 is 0. The van der Waals surface area contributed by atoms with Crippen molar-refractivity contribution in [2.45, 2.75) is 39.2 Å². The lowest BCUT2D eigenvalue weighted by Gasteiger charge is -2.30. The summed E-state index contributed by atoms with van der Waals surface area (Å²) in [6, 6.07) is 9.56. The third-order valence-corrected chi connectivity index (χ3v) is 3.58. The highest BCUT2D eigenvalue weighted by molar-refractivity contribution is 5.25. The van der Waals surface area contributed by atoms with Gasteiger partial charge in [-0.2, -0.15) is 0 Å². The standard InChI is InChI=1S/C16H28N2/c1-5-6-14-7-9-15(10-8-14)16(18(3)4)13(2)11-12-17/h7-10,13,16H,5-6,11-12,17H2,1-4H3. The van der Waals surface area contributed by atoms with Gasteiger partial charge in [0.2, 0.25) is 0 Å². The number of aryl methyl sites for hydroxylation is 1. The van der Waals surface area contributed by atoms with Gasteiger partial charge in [-0.1, -0.05) is 44.5 Å². The molecular formula is C16H28N2. The number of hydrogen-bond donors (Lipinski definition) is 1. The van der Waals surface area contributed by atoms with Gasteiger partial charge in [0.05, 0.1) is 0 Å². The van der Waals surface area contributed by atoms with E-state index in [2.05, 4.69) is 57.1 Å². The molecule has 2 nitrogen and oxygen atoms in total. The molecule has 2 unspecified atom stereocenters. The maximum Gasteiger partial charge on any atom is 0.0368 e. The van der Waals surface area contributed by atoms with E-state index in [0.717, 1.165) is 13.0 Å². The zero-order valence-corrected chi connectivity index (χ0v) is 12.3. The minimum absolute atomic E-state index is 0.462. The van der Waals surface area contributed by atoms with Gasteiger partial charge in [-0.25, -0.2) is 0 Å². The van der Waals surface area contributed by atoms with Crippen LogP contribution in [0.25, 0.3) is 0 Å². The molecule has 0 bridgehead atoms. The van der Waals surface area contributed by atoms with Crippen LogP contribution in [0.2, 0.25) is 0 Å². The summed E-state index contributed by atoms with van der Waals surface area (Å²) in [5.41, 5.74) is 8.53. The Kier molecular flexibility index (Phi) is 6.37. The molecule has 1 aromatic rings. The van der Waals surface area contributed by atoms with Crippen LogP contribution in [0.4, 0.5) is 0 Å². The van der Waals surface area contributed by atoms with Gasteiger partial charge in [-0.15, -0.1) is 0 Å². The normalized spacial score (nSPS) is 14.8. The zero-order valence-electron chi connectivity index (χ0n) is 12.3. The average Bonchev–Trinajstić information content (AvgIpc) is 2.32. The van der Waals surface area contributed by atoms with Crippen molar-refractivity contribution in [2.24, 2.45) is 11.7 Å². The molecule has 0 fully saturated rings. The van der Waals surface area contributed by atoms with Gasteiger partial charge >= 0.3 is 0 Å². The highest BCUT2D eigenvalue weighted by atomic mass is 15.1. The van der Waals surface area contributed by atoms with Gasteiger partial charge in [-0.3, -0.25) is 0 Å². The van der Waals surface area contributed by atoms with Crippen LogP contribution in [0.5, 0.6) is 0 Å². The number of benzene rings is 1. The molecule has 2 heteroatoms. The molecule has 2 atom stereocenters. The lowest BCUT2D eigenvalue weighted by Crippen LogP contribution is -2.27. The summed E-state index contributed by atoms with van der Waals surface area (Å²) in [6.45, 7) is 5.27. The molecule has 102 valence electrons. The Labute approximate surface area is 112 Å². The molecular weight excluding hydrogens is 220 g/mol. The van der Waals surface area contributed by atoms with Crippen molar-refractivity contribution < 1.29 is 0 Å². The van der Waals surface area contributed by atoms with E-state index in [-0.39, 0.29) is 0 Å². The Morgan fingerprint density at radius 2 is 1.78 bits per heavy atom. The van der Waals surface area contributed by atoms with Crippen LogP contribution < -0.4 is 5.73 Å². The van der Waals surface area contributed by atoms with Gasteiger partial charge in [0.15, 0.2) is 0 Å². The molecule has 1 aromatic carbocycles. The summed E-state index contributed by atoms with van der Waals surface area (Å²) >= 11 is 0. The van der Waals surface area contributed by atoms with E-state index < -0.39 is 0 Å². The van der Waals surface area contributed by atoms with E-state index in [1.165, 1.54) is 24.0 Å². The Hall–Kier alpha value is -0.860. The summed E-state index contributed by atoms with van der Waals surface area (Å²) in [4.78, 5) is 2.30. The summed E-state index contributed by atoms with van der Waals surface area (Å²) in [5, 5.41) is 0. The third kappa shape index (κ3) is 4.11.